The monoisotopic (exact) mass is 397 g/mol. The molecular weight excluding hydrogens is 377 g/mol. The first-order valence-electron chi connectivity index (χ1n) is 8.53. The Morgan fingerprint density at radius 1 is 0.963 bits per heavy atom. The molecule has 0 saturated heterocycles. The second kappa shape index (κ2) is 9.11. The summed E-state index contributed by atoms with van der Waals surface area (Å²) in [6, 6.07) is 20.6. The van der Waals surface area contributed by atoms with Crippen LogP contribution in [0, 0.1) is 19.7 Å². The minimum absolute atomic E-state index is 0.154. The van der Waals surface area contributed by atoms with E-state index in [0.29, 0.717) is 4.90 Å². The second-order valence-electron chi connectivity index (χ2n) is 6.16. The van der Waals surface area contributed by atoms with Gasteiger partial charge < -0.3 is 5.32 Å². The molecule has 3 rings (SSSR count). The summed E-state index contributed by atoms with van der Waals surface area (Å²) in [6.45, 7) is 4.19. The van der Waals surface area contributed by atoms with E-state index in [2.05, 4.69) is 37.4 Å². The number of carbonyl (C=O) groups is 1. The first-order chi connectivity index (χ1) is 13.0. The lowest BCUT2D eigenvalue weighted by molar-refractivity contribution is -0.113. The topological polar surface area (TPSA) is 29.1 Å². The molecule has 138 valence electrons. The minimum Gasteiger partial charge on any atom is -0.325 e. The summed E-state index contributed by atoms with van der Waals surface area (Å²) in [7, 11) is 0. The maximum Gasteiger partial charge on any atom is 0.234 e. The molecule has 5 heteroatoms. The Bertz CT molecular complexity index is 941. The van der Waals surface area contributed by atoms with Gasteiger partial charge in [0.05, 0.1) is 5.75 Å². The highest BCUT2D eigenvalue weighted by Gasteiger charge is 2.07. The highest BCUT2D eigenvalue weighted by molar-refractivity contribution is 8.00. The molecule has 0 spiro atoms. The predicted molar refractivity (Wildman–Crippen MR) is 112 cm³/mol. The third-order valence-corrected chi connectivity index (χ3v) is 6.12. The van der Waals surface area contributed by atoms with E-state index in [1.54, 1.807) is 30.0 Å². The van der Waals surface area contributed by atoms with Gasteiger partial charge in [-0.05, 0) is 67.4 Å². The molecular formula is C22H20FNOS2. The van der Waals surface area contributed by atoms with Gasteiger partial charge in [-0.2, -0.15) is 0 Å². The molecule has 0 radical (unpaired) electrons. The number of hydrogen-bond acceptors (Lipinski definition) is 3. The smallest absolute Gasteiger partial charge is 0.234 e. The molecule has 0 bridgehead atoms. The van der Waals surface area contributed by atoms with E-state index in [0.717, 1.165) is 10.6 Å². The summed E-state index contributed by atoms with van der Waals surface area (Å²) < 4.78 is 13.6. The number of thioether (sulfide) groups is 1. The van der Waals surface area contributed by atoms with Gasteiger partial charge in [-0.1, -0.05) is 36.0 Å². The fourth-order valence-corrected chi connectivity index (χ4v) is 4.19. The summed E-state index contributed by atoms with van der Waals surface area (Å²) in [5.41, 5.74) is 3.21. The van der Waals surface area contributed by atoms with Gasteiger partial charge in [-0.15, -0.1) is 11.8 Å². The number of halogens is 1. The van der Waals surface area contributed by atoms with E-state index in [1.165, 1.54) is 33.9 Å². The molecule has 0 aromatic heterocycles. The first-order valence-corrected chi connectivity index (χ1v) is 10.3. The molecule has 0 heterocycles. The van der Waals surface area contributed by atoms with Crippen molar-refractivity contribution in [3.8, 4) is 0 Å². The van der Waals surface area contributed by atoms with Crippen molar-refractivity contribution in [3.05, 3.63) is 83.7 Å². The molecule has 0 aliphatic carbocycles. The summed E-state index contributed by atoms with van der Waals surface area (Å²) >= 11 is 2.90. The van der Waals surface area contributed by atoms with Crippen molar-refractivity contribution in [2.24, 2.45) is 0 Å². The van der Waals surface area contributed by atoms with E-state index >= 15 is 0 Å². The Hall–Kier alpha value is -2.24. The fourth-order valence-electron chi connectivity index (χ4n) is 2.45. The molecule has 0 saturated carbocycles. The molecule has 0 aliphatic rings. The van der Waals surface area contributed by atoms with E-state index in [9.17, 15) is 9.18 Å². The molecule has 0 unspecified atom stereocenters. The van der Waals surface area contributed by atoms with Crippen LogP contribution < -0.4 is 5.32 Å². The zero-order chi connectivity index (χ0) is 19.2. The zero-order valence-electron chi connectivity index (χ0n) is 15.2. The van der Waals surface area contributed by atoms with Gasteiger partial charge in [0, 0.05) is 20.4 Å². The summed E-state index contributed by atoms with van der Waals surface area (Å²) in [6.07, 6.45) is 0. The van der Waals surface area contributed by atoms with Crippen LogP contribution in [0.4, 0.5) is 10.1 Å². The molecule has 3 aromatic rings. The van der Waals surface area contributed by atoms with Crippen LogP contribution in [0.5, 0.6) is 0 Å². The normalized spacial score (nSPS) is 10.6. The van der Waals surface area contributed by atoms with Crippen LogP contribution in [0.25, 0.3) is 0 Å². The number of rotatable bonds is 6. The number of amides is 1. The molecule has 0 fully saturated rings. The Balaban J connectivity index is 1.56. The highest BCUT2D eigenvalue weighted by Crippen LogP contribution is 2.31. The van der Waals surface area contributed by atoms with Gasteiger partial charge in [-0.25, -0.2) is 4.39 Å². The third-order valence-electron chi connectivity index (χ3n) is 3.90. The standard InChI is InChI=1S/C22H20FNOS2/c1-15-7-8-16(2)21(13-15)27-18-11-9-17(10-12-18)24-22(25)14-26-20-6-4-3-5-19(20)23/h3-13H,14H2,1-2H3,(H,24,25). The van der Waals surface area contributed by atoms with Crippen molar-refractivity contribution in [2.45, 2.75) is 28.5 Å². The Kier molecular flexibility index (Phi) is 6.58. The SMILES string of the molecule is Cc1ccc(C)c(Sc2ccc(NC(=O)CSc3ccccc3F)cc2)c1. The second-order valence-corrected chi connectivity index (χ2v) is 8.30. The van der Waals surface area contributed by atoms with Gasteiger partial charge >= 0.3 is 0 Å². The largest absolute Gasteiger partial charge is 0.325 e. The predicted octanol–water partition coefficient (Wildman–Crippen LogP) is 6.32. The van der Waals surface area contributed by atoms with Gasteiger partial charge in [0.1, 0.15) is 5.82 Å². The summed E-state index contributed by atoms with van der Waals surface area (Å²) in [4.78, 5) is 14.9. The maximum atomic E-state index is 13.6. The van der Waals surface area contributed by atoms with Crippen LogP contribution in [0.3, 0.4) is 0 Å². The van der Waals surface area contributed by atoms with E-state index in [1.807, 2.05) is 24.3 Å². The lowest BCUT2D eigenvalue weighted by atomic mass is 10.2. The first kappa shape index (κ1) is 19.5. The Labute approximate surface area is 167 Å². The van der Waals surface area contributed by atoms with Gasteiger partial charge in [0.25, 0.3) is 0 Å². The van der Waals surface area contributed by atoms with Crippen molar-refractivity contribution in [1.29, 1.82) is 0 Å². The lowest BCUT2D eigenvalue weighted by Crippen LogP contribution is -2.13. The van der Waals surface area contributed by atoms with E-state index < -0.39 is 0 Å². The Morgan fingerprint density at radius 3 is 2.44 bits per heavy atom. The number of benzene rings is 3. The molecule has 0 aliphatic heterocycles. The number of aryl methyl sites for hydroxylation is 2. The summed E-state index contributed by atoms with van der Waals surface area (Å²) in [5.74, 6) is -0.291. The van der Waals surface area contributed by atoms with Crippen LogP contribution in [0.15, 0.2) is 81.4 Å². The highest BCUT2D eigenvalue weighted by atomic mass is 32.2. The molecule has 0 atom stereocenters. The minimum atomic E-state index is -0.303. The quantitative estimate of drug-likeness (QED) is 0.493. The van der Waals surface area contributed by atoms with Crippen LogP contribution >= 0.6 is 23.5 Å². The van der Waals surface area contributed by atoms with Crippen molar-refractivity contribution in [1.82, 2.24) is 0 Å². The van der Waals surface area contributed by atoms with E-state index in [4.69, 9.17) is 0 Å². The van der Waals surface area contributed by atoms with Crippen LogP contribution in [0.2, 0.25) is 0 Å². The average Bonchev–Trinajstić information content (AvgIpc) is 2.66. The molecule has 3 aromatic carbocycles. The number of nitrogens with one attached hydrogen (secondary N) is 1. The van der Waals surface area contributed by atoms with Crippen LogP contribution in [-0.2, 0) is 4.79 Å². The van der Waals surface area contributed by atoms with Gasteiger partial charge in [-0.3, -0.25) is 4.79 Å². The van der Waals surface area contributed by atoms with Crippen molar-refractivity contribution >= 4 is 35.1 Å². The Morgan fingerprint density at radius 2 is 1.70 bits per heavy atom. The van der Waals surface area contributed by atoms with Crippen molar-refractivity contribution < 1.29 is 9.18 Å². The summed E-state index contributed by atoms with van der Waals surface area (Å²) in [5, 5.41) is 2.85. The number of anilines is 1. The number of carbonyl (C=O) groups excluding carboxylic acids is 1. The fraction of sp³-hybridized carbons (Fsp3) is 0.136. The molecule has 27 heavy (non-hydrogen) atoms. The molecule has 1 N–H and O–H groups in total. The third kappa shape index (κ3) is 5.62. The lowest BCUT2D eigenvalue weighted by Gasteiger charge is -2.09. The van der Waals surface area contributed by atoms with Crippen LogP contribution in [-0.4, -0.2) is 11.7 Å². The number of hydrogen-bond donors (Lipinski definition) is 1. The maximum absolute atomic E-state index is 13.6. The molecule has 2 nitrogen and oxygen atoms in total. The van der Waals surface area contributed by atoms with Crippen molar-refractivity contribution in [2.75, 3.05) is 11.1 Å². The van der Waals surface area contributed by atoms with Gasteiger partial charge in [0.15, 0.2) is 0 Å². The zero-order valence-corrected chi connectivity index (χ0v) is 16.8. The van der Waals surface area contributed by atoms with Crippen LogP contribution in [0.1, 0.15) is 11.1 Å². The molecule has 1 amide bonds. The average molecular weight is 398 g/mol. The van der Waals surface area contributed by atoms with Gasteiger partial charge in [0.2, 0.25) is 5.91 Å². The van der Waals surface area contributed by atoms with E-state index in [-0.39, 0.29) is 17.5 Å². The van der Waals surface area contributed by atoms with Crippen molar-refractivity contribution in [3.63, 3.8) is 0 Å².